The van der Waals surface area contributed by atoms with Crippen molar-refractivity contribution < 1.29 is 31.9 Å². The first-order valence-electron chi connectivity index (χ1n) is 7.99. The fraction of sp³-hybridized carbons (Fsp3) is 0.167. The van der Waals surface area contributed by atoms with Gasteiger partial charge in [0, 0.05) is 11.3 Å². The van der Waals surface area contributed by atoms with Crippen molar-refractivity contribution in [2.45, 2.75) is 11.8 Å². The third-order valence-electron chi connectivity index (χ3n) is 3.45. The molecule has 0 spiro atoms. The van der Waals surface area contributed by atoms with Gasteiger partial charge in [-0.25, -0.2) is 12.8 Å². The van der Waals surface area contributed by atoms with Gasteiger partial charge in [0.05, 0.1) is 4.90 Å². The van der Waals surface area contributed by atoms with Crippen LogP contribution in [0.5, 0.6) is 0 Å². The van der Waals surface area contributed by atoms with Crippen LogP contribution in [0.3, 0.4) is 0 Å². The molecule has 0 aliphatic rings. The number of ketones is 1. The number of esters is 1. The number of nitrogens with one attached hydrogen (secondary N) is 2. The number of ether oxygens (including phenoxy) is 1. The van der Waals surface area contributed by atoms with Crippen molar-refractivity contribution in [1.82, 2.24) is 4.72 Å². The molecule has 2 aromatic carbocycles. The minimum absolute atomic E-state index is 0.130. The number of anilines is 1. The number of rotatable bonds is 8. The lowest BCUT2D eigenvalue weighted by molar-refractivity contribution is -0.146. The summed E-state index contributed by atoms with van der Waals surface area (Å²) in [5, 5.41) is 2.33. The van der Waals surface area contributed by atoms with Crippen LogP contribution in [0.15, 0.2) is 53.4 Å². The maximum absolute atomic E-state index is 13.0. The smallest absolute Gasteiger partial charge is 0.321 e. The molecular weight excluding hydrogens is 391 g/mol. The highest BCUT2D eigenvalue weighted by Gasteiger charge is 2.17. The van der Waals surface area contributed by atoms with E-state index in [1.807, 2.05) is 4.72 Å². The van der Waals surface area contributed by atoms with Crippen molar-refractivity contribution in [2.75, 3.05) is 18.5 Å². The van der Waals surface area contributed by atoms with Crippen molar-refractivity contribution in [3.63, 3.8) is 0 Å². The van der Waals surface area contributed by atoms with E-state index in [9.17, 15) is 27.2 Å². The molecule has 10 heteroatoms. The second kappa shape index (κ2) is 9.20. The zero-order chi connectivity index (χ0) is 20.7. The molecule has 0 aromatic heterocycles. The Kier molecular flexibility index (Phi) is 6.96. The molecule has 148 valence electrons. The lowest BCUT2D eigenvalue weighted by Gasteiger charge is -2.08. The maximum atomic E-state index is 13.0. The summed E-state index contributed by atoms with van der Waals surface area (Å²) in [4.78, 5) is 34.4. The molecule has 2 rings (SSSR count). The van der Waals surface area contributed by atoms with E-state index in [0.29, 0.717) is 5.56 Å². The quantitative estimate of drug-likeness (QED) is 0.505. The molecule has 0 saturated heterocycles. The molecule has 0 aliphatic heterocycles. The average molecular weight is 408 g/mol. The normalized spacial score (nSPS) is 10.9. The Labute approximate surface area is 160 Å². The number of halogens is 1. The average Bonchev–Trinajstić information content (AvgIpc) is 2.65. The monoisotopic (exact) mass is 408 g/mol. The van der Waals surface area contributed by atoms with Gasteiger partial charge in [0.1, 0.15) is 12.4 Å². The minimum atomic E-state index is -3.99. The predicted molar refractivity (Wildman–Crippen MR) is 97.6 cm³/mol. The topological polar surface area (TPSA) is 119 Å². The lowest BCUT2D eigenvalue weighted by atomic mass is 10.2. The standard InChI is InChI=1S/C18H17FN2O6S/c1-12(22)13-5-7-16(8-6-13)28(25,26)20-10-18(24)27-11-17(23)21-15-4-2-3-14(19)9-15/h2-9,20H,10-11H2,1H3,(H,21,23). The zero-order valence-corrected chi connectivity index (χ0v) is 15.6. The van der Waals surface area contributed by atoms with E-state index in [4.69, 9.17) is 0 Å². The summed E-state index contributed by atoms with van der Waals surface area (Å²) in [6, 6.07) is 10.3. The Hall–Kier alpha value is -3.11. The molecule has 0 heterocycles. The van der Waals surface area contributed by atoms with Gasteiger partial charge >= 0.3 is 5.97 Å². The Morgan fingerprint density at radius 1 is 1.07 bits per heavy atom. The third kappa shape index (κ3) is 6.25. The van der Waals surface area contributed by atoms with Gasteiger partial charge in [0.15, 0.2) is 12.4 Å². The van der Waals surface area contributed by atoms with Gasteiger partial charge < -0.3 is 10.1 Å². The van der Waals surface area contributed by atoms with Crippen molar-refractivity contribution in [3.05, 3.63) is 59.9 Å². The van der Waals surface area contributed by atoms with E-state index in [1.165, 1.54) is 49.4 Å². The fourth-order valence-electron chi connectivity index (χ4n) is 2.07. The van der Waals surface area contributed by atoms with E-state index < -0.39 is 40.9 Å². The molecule has 0 saturated carbocycles. The molecular formula is C18H17FN2O6S. The molecule has 2 N–H and O–H groups in total. The van der Waals surface area contributed by atoms with Crippen LogP contribution >= 0.6 is 0 Å². The highest BCUT2D eigenvalue weighted by atomic mass is 32.2. The predicted octanol–water partition coefficient (Wildman–Crippen LogP) is 1.49. The largest absolute Gasteiger partial charge is 0.455 e. The van der Waals surface area contributed by atoms with Crippen LogP contribution in [0.25, 0.3) is 0 Å². The fourth-order valence-corrected chi connectivity index (χ4v) is 3.04. The zero-order valence-electron chi connectivity index (χ0n) is 14.8. The number of carbonyl (C=O) groups is 3. The number of Topliss-reactive ketones (excluding diaryl/α,β-unsaturated/α-hetero) is 1. The number of carbonyl (C=O) groups excluding carboxylic acids is 3. The second-order valence-corrected chi connectivity index (χ2v) is 7.39. The molecule has 0 unspecified atom stereocenters. The summed E-state index contributed by atoms with van der Waals surface area (Å²) in [6.07, 6.45) is 0. The highest BCUT2D eigenvalue weighted by molar-refractivity contribution is 7.89. The first-order chi connectivity index (χ1) is 13.2. The van der Waals surface area contributed by atoms with Gasteiger partial charge in [0.25, 0.3) is 5.91 Å². The Morgan fingerprint density at radius 2 is 1.75 bits per heavy atom. The maximum Gasteiger partial charge on any atom is 0.321 e. The first kappa shape index (κ1) is 21.2. The Bertz CT molecular complexity index is 989. The van der Waals surface area contributed by atoms with Crippen LogP contribution in [0, 0.1) is 5.82 Å². The molecule has 28 heavy (non-hydrogen) atoms. The summed E-state index contributed by atoms with van der Waals surface area (Å²) < 4.78 is 44.0. The summed E-state index contributed by atoms with van der Waals surface area (Å²) in [5.41, 5.74) is 0.540. The van der Waals surface area contributed by atoms with Gasteiger partial charge in [0.2, 0.25) is 10.0 Å². The summed E-state index contributed by atoms with van der Waals surface area (Å²) in [5.74, 6) is -2.43. The summed E-state index contributed by atoms with van der Waals surface area (Å²) >= 11 is 0. The number of sulfonamides is 1. The van der Waals surface area contributed by atoms with E-state index in [1.54, 1.807) is 0 Å². The van der Waals surface area contributed by atoms with Gasteiger partial charge in [-0.3, -0.25) is 14.4 Å². The molecule has 8 nitrogen and oxygen atoms in total. The van der Waals surface area contributed by atoms with E-state index in [2.05, 4.69) is 10.1 Å². The van der Waals surface area contributed by atoms with Gasteiger partial charge in [-0.2, -0.15) is 4.72 Å². The third-order valence-corrected chi connectivity index (χ3v) is 4.87. The summed E-state index contributed by atoms with van der Waals surface area (Å²) in [7, 11) is -3.99. The van der Waals surface area contributed by atoms with Gasteiger partial charge in [-0.1, -0.05) is 18.2 Å². The van der Waals surface area contributed by atoms with Crippen LogP contribution < -0.4 is 10.0 Å². The van der Waals surface area contributed by atoms with Crippen molar-refractivity contribution >= 4 is 33.4 Å². The van der Waals surface area contributed by atoms with Crippen LogP contribution in [0.4, 0.5) is 10.1 Å². The number of hydrogen-bond acceptors (Lipinski definition) is 6. The molecule has 0 bridgehead atoms. The van der Waals surface area contributed by atoms with Crippen molar-refractivity contribution in [1.29, 1.82) is 0 Å². The SMILES string of the molecule is CC(=O)c1ccc(S(=O)(=O)NCC(=O)OCC(=O)Nc2cccc(F)c2)cc1. The first-order valence-corrected chi connectivity index (χ1v) is 9.47. The van der Waals surface area contributed by atoms with Crippen molar-refractivity contribution in [2.24, 2.45) is 0 Å². The lowest BCUT2D eigenvalue weighted by Crippen LogP contribution is -2.32. The van der Waals surface area contributed by atoms with Crippen LogP contribution in [0.1, 0.15) is 17.3 Å². The molecule has 0 aliphatic carbocycles. The number of hydrogen-bond donors (Lipinski definition) is 2. The Morgan fingerprint density at radius 3 is 2.36 bits per heavy atom. The number of benzene rings is 2. The molecule has 0 fully saturated rings. The van der Waals surface area contributed by atoms with Gasteiger partial charge in [-0.15, -0.1) is 0 Å². The molecule has 2 aromatic rings. The minimum Gasteiger partial charge on any atom is -0.455 e. The van der Waals surface area contributed by atoms with E-state index in [0.717, 1.165) is 6.07 Å². The Balaban J connectivity index is 1.82. The highest BCUT2D eigenvalue weighted by Crippen LogP contribution is 2.11. The van der Waals surface area contributed by atoms with Gasteiger partial charge in [-0.05, 0) is 37.3 Å². The van der Waals surface area contributed by atoms with E-state index in [-0.39, 0.29) is 16.4 Å². The van der Waals surface area contributed by atoms with Crippen LogP contribution in [0.2, 0.25) is 0 Å². The molecule has 0 radical (unpaired) electrons. The van der Waals surface area contributed by atoms with Crippen LogP contribution in [-0.4, -0.2) is 39.2 Å². The van der Waals surface area contributed by atoms with Crippen LogP contribution in [-0.2, 0) is 24.3 Å². The van der Waals surface area contributed by atoms with Crippen molar-refractivity contribution in [3.8, 4) is 0 Å². The van der Waals surface area contributed by atoms with E-state index >= 15 is 0 Å². The molecule has 1 amide bonds. The second-order valence-electron chi connectivity index (χ2n) is 5.62. The molecule has 0 atom stereocenters. The number of amides is 1. The summed E-state index contributed by atoms with van der Waals surface area (Å²) in [6.45, 7) is -0.00335.